The Morgan fingerprint density at radius 1 is 1.26 bits per heavy atom. The van der Waals surface area contributed by atoms with Crippen molar-refractivity contribution < 1.29 is 4.79 Å². The Morgan fingerprint density at radius 2 is 2.00 bits per heavy atom. The Kier molecular flexibility index (Phi) is 6.80. The fraction of sp³-hybridized carbons (Fsp3) is 0.615. The standard InChI is InChI=1S/C26H38N4O/c1-17(2)23-14-20(15-26-28-24-7-5-6-8-25(24)29-26)18(3)13-21(23)16-27-22-9-11-30(12-10-22)19(4)31/h5-8,13,17,20-23,27H,9-12,14-16H2,1-4H3,(H,28,29). The van der Waals surface area contributed by atoms with Gasteiger partial charge in [-0.15, -0.1) is 0 Å². The van der Waals surface area contributed by atoms with Crippen molar-refractivity contribution in [3.05, 3.63) is 41.7 Å². The molecule has 1 amide bonds. The molecule has 1 aliphatic carbocycles. The first-order valence-corrected chi connectivity index (χ1v) is 12.0. The van der Waals surface area contributed by atoms with E-state index in [4.69, 9.17) is 4.98 Å². The number of hydrogen-bond donors (Lipinski definition) is 2. The molecule has 5 heteroatoms. The molecule has 0 saturated carbocycles. The zero-order valence-corrected chi connectivity index (χ0v) is 19.5. The van der Waals surface area contributed by atoms with Crippen molar-refractivity contribution in [2.45, 2.75) is 59.4 Å². The maximum Gasteiger partial charge on any atom is 0.219 e. The minimum absolute atomic E-state index is 0.208. The molecule has 31 heavy (non-hydrogen) atoms. The lowest BCUT2D eigenvalue weighted by molar-refractivity contribution is -0.129. The molecule has 1 saturated heterocycles. The summed E-state index contributed by atoms with van der Waals surface area (Å²) in [5, 5.41) is 3.84. The SMILES string of the molecule is CC(=O)N1CCC(NCC2C=C(C)C(Cc3nc4ccccc4[nH]3)CC2C(C)C)CC1. The van der Waals surface area contributed by atoms with Crippen LogP contribution in [0.3, 0.4) is 0 Å². The summed E-state index contributed by atoms with van der Waals surface area (Å²) in [4.78, 5) is 21.9. The highest BCUT2D eigenvalue weighted by atomic mass is 16.2. The van der Waals surface area contributed by atoms with E-state index >= 15 is 0 Å². The summed E-state index contributed by atoms with van der Waals surface area (Å²) in [5.41, 5.74) is 3.71. The highest BCUT2D eigenvalue weighted by Gasteiger charge is 2.32. The number of aromatic nitrogens is 2. The highest BCUT2D eigenvalue weighted by Crippen LogP contribution is 2.38. The van der Waals surface area contributed by atoms with E-state index in [1.807, 2.05) is 4.90 Å². The number of H-pyrrole nitrogens is 1. The number of aromatic amines is 1. The molecule has 0 bridgehead atoms. The molecule has 2 aliphatic rings. The Balaban J connectivity index is 1.38. The van der Waals surface area contributed by atoms with Crippen LogP contribution in [-0.2, 0) is 11.2 Å². The van der Waals surface area contributed by atoms with E-state index in [0.717, 1.165) is 55.8 Å². The third-order valence-electron chi connectivity index (χ3n) is 7.54. The van der Waals surface area contributed by atoms with Gasteiger partial charge < -0.3 is 15.2 Å². The summed E-state index contributed by atoms with van der Waals surface area (Å²) in [6.07, 6.45) is 6.89. The van der Waals surface area contributed by atoms with Crippen molar-refractivity contribution in [2.24, 2.45) is 23.7 Å². The number of likely N-dealkylation sites (tertiary alicyclic amines) is 1. The Labute approximate surface area is 186 Å². The summed E-state index contributed by atoms with van der Waals surface area (Å²) in [5.74, 6) is 3.80. The van der Waals surface area contributed by atoms with Crippen molar-refractivity contribution in [3.8, 4) is 0 Å². The number of benzene rings is 1. The summed E-state index contributed by atoms with van der Waals surface area (Å²) in [6.45, 7) is 11.5. The van der Waals surface area contributed by atoms with E-state index in [1.54, 1.807) is 6.92 Å². The van der Waals surface area contributed by atoms with E-state index in [2.05, 4.69) is 61.4 Å². The number of carbonyl (C=O) groups excluding carboxylic acids is 1. The molecule has 168 valence electrons. The molecule has 5 nitrogen and oxygen atoms in total. The second-order valence-electron chi connectivity index (χ2n) is 10.0. The van der Waals surface area contributed by atoms with Crippen LogP contribution in [0.15, 0.2) is 35.9 Å². The molecule has 1 aliphatic heterocycles. The van der Waals surface area contributed by atoms with Gasteiger partial charge in [0.25, 0.3) is 0 Å². The number of allylic oxidation sites excluding steroid dienone is 1. The lowest BCUT2D eigenvalue weighted by Crippen LogP contribution is -2.46. The summed E-state index contributed by atoms with van der Waals surface area (Å²) >= 11 is 0. The van der Waals surface area contributed by atoms with Gasteiger partial charge in [0.05, 0.1) is 11.0 Å². The average molecular weight is 423 g/mol. The van der Waals surface area contributed by atoms with E-state index in [9.17, 15) is 4.79 Å². The largest absolute Gasteiger partial charge is 0.343 e. The molecule has 1 aromatic carbocycles. The van der Waals surface area contributed by atoms with Gasteiger partial charge in [0.15, 0.2) is 0 Å². The Hall–Kier alpha value is -2.14. The maximum atomic E-state index is 11.6. The minimum Gasteiger partial charge on any atom is -0.343 e. The average Bonchev–Trinajstić information content (AvgIpc) is 3.16. The molecule has 1 aromatic heterocycles. The summed E-state index contributed by atoms with van der Waals surface area (Å²) < 4.78 is 0. The lowest BCUT2D eigenvalue weighted by Gasteiger charge is -2.39. The molecule has 0 spiro atoms. The van der Waals surface area contributed by atoms with Crippen LogP contribution in [0.25, 0.3) is 11.0 Å². The number of piperidine rings is 1. The van der Waals surface area contributed by atoms with Gasteiger partial charge in [-0.05, 0) is 62.0 Å². The topological polar surface area (TPSA) is 61.0 Å². The summed E-state index contributed by atoms with van der Waals surface area (Å²) in [7, 11) is 0. The van der Waals surface area contributed by atoms with Crippen LogP contribution < -0.4 is 5.32 Å². The van der Waals surface area contributed by atoms with Crippen LogP contribution in [0, 0.1) is 23.7 Å². The van der Waals surface area contributed by atoms with Crippen molar-refractivity contribution in [1.82, 2.24) is 20.2 Å². The highest BCUT2D eigenvalue weighted by molar-refractivity contribution is 5.74. The molecular weight excluding hydrogens is 384 g/mol. The molecule has 3 unspecified atom stereocenters. The van der Waals surface area contributed by atoms with Crippen molar-refractivity contribution in [2.75, 3.05) is 19.6 Å². The van der Waals surface area contributed by atoms with Crippen molar-refractivity contribution in [1.29, 1.82) is 0 Å². The minimum atomic E-state index is 0.208. The second kappa shape index (κ2) is 9.56. The van der Waals surface area contributed by atoms with Crippen molar-refractivity contribution in [3.63, 3.8) is 0 Å². The van der Waals surface area contributed by atoms with Crippen LogP contribution >= 0.6 is 0 Å². The zero-order chi connectivity index (χ0) is 22.0. The smallest absolute Gasteiger partial charge is 0.219 e. The predicted molar refractivity (Wildman–Crippen MR) is 127 cm³/mol. The van der Waals surface area contributed by atoms with Gasteiger partial charge in [-0.1, -0.05) is 37.6 Å². The number of rotatable bonds is 6. The zero-order valence-electron chi connectivity index (χ0n) is 19.5. The van der Waals surface area contributed by atoms with E-state index in [1.165, 1.54) is 12.0 Å². The Morgan fingerprint density at radius 3 is 2.68 bits per heavy atom. The maximum absolute atomic E-state index is 11.6. The van der Waals surface area contributed by atoms with Gasteiger partial charge in [0, 0.05) is 39.0 Å². The van der Waals surface area contributed by atoms with Crippen LogP contribution in [-0.4, -0.2) is 46.5 Å². The molecule has 0 radical (unpaired) electrons. The molecule has 1 fully saturated rings. The van der Waals surface area contributed by atoms with Gasteiger partial charge in [0.2, 0.25) is 5.91 Å². The number of nitrogens with one attached hydrogen (secondary N) is 2. The Bertz CT molecular complexity index is 889. The fourth-order valence-corrected chi connectivity index (χ4v) is 5.54. The van der Waals surface area contributed by atoms with Gasteiger partial charge in [0.1, 0.15) is 5.82 Å². The van der Waals surface area contributed by atoms with Gasteiger partial charge in [-0.25, -0.2) is 4.98 Å². The molecular formula is C26H38N4O. The normalized spacial score (nSPS) is 25.3. The van der Waals surface area contributed by atoms with Gasteiger partial charge >= 0.3 is 0 Å². The number of imidazole rings is 1. The fourth-order valence-electron chi connectivity index (χ4n) is 5.54. The van der Waals surface area contributed by atoms with Crippen LogP contribution in [0.5, 0.6) is 0 Å². The number of nitrogens with zero attached hydrogens (tertiary/aromatic N) is 2. The first-order chi connectivity index (χ1) is 14.9. The van der Waals surface area contributed by atoms with Crippen molar-refractivity contribution >= 4 is 16.9 Å². The number of carbonyl (C=O) groups is 1. The van der Waals surface area contributed by atoms with E-state index in [0.29, 0.717) is 29.7 Å². The number of amides is 1. The molecule has 2 heterocycles. The third-order valence-corrected chi connectivity index (χ3v) is 7.54. The van der Waals surface area contributed by atoms with Crippen LogP contribution in [0.1, 0.15) is 52.8 Å². The lowest BCUT2D eigenvalue weighted by atomic mass is 9.69. The predicted octanol–water partition coefficient (Wildman–Crippen LogP) is 4.56. The molecule has 2 N–H and O–H groups in total. The monoisotopic (exact) mass is 422 g/mol. The molecule has 4 rings (SSSR count). The van der Waals surface area contributed by atoms with E-state index in [-0.39, 0.29) is 5.91 Å². The molecule has 3 atom stereocenters. The molecule has 2 aromatic rings. The first-order valence-electron chi connectivity index (χ1n) is 12.0. The third kappa shape index (κ3) is 5.20. The number of hydrogen-bond acceptors (Lipinski definition) is 3. The van der Waals surface area contributed by atoms with Gasteiger partial charge in [-0.2, -0.15) is 0 Å². The quantitative estimate of drug-likeness (QED) is 0.671. The van der Waals surface area contributed by atoms with E-state index < -0.39 is 0 Å². The summed E-state index contributed by atoms with van der Waals surface area (Å²) in [6, 6.07) is 8.83. The number of fused-ring (bicyclic) bond motifs is 1. The van der Waals surface area contributed by atoms with Crippen LogP contribution in [0.2, 0.25) is 0 Å². The van der Waals surface area contributed by atoms with Gasteiger partial charge in [-0.3, -0.25) is 4.79 Å². The first kappa shape index (κ1) is 22.1. The second-order valence-corrected chi connectivity index (χ2v) is 10.0. The van der Waals surface area contributed by atoms with Crippen LogP contribution in [0.4, 0.5) is 0 Å². The number of para-hydroxylation sites is 2.